The zero-order valence-electron chi connectivity index (χ0n) is 12.9. The Bertz CT molecular complexity index is 748. The molecule has 0 fully saturated rings. The number of aromatic amines is 1. The standard InChI is InChI=1S/C15H16F2N4O3/c1-23-8-2-3-12(24-15(16)17)11(6-8)19-14(22)13-9-7-18-5-4-10(9)20-21-13/h2-3,6,15,18H,4-5,7H2,1H3,(H,19,22)(H,20,21). The van der Waals surface area contributed by atoms with E-state index in [0.29, 0.717) is 12.3 Å². The summed E-state index contributed by atoms with van der Waals surface area (Å²) in [7, 11) is 1.43. The van der Waals surface area contributed by atoms with Crippen LogP contribution in [-0.2, 0) is 13.0 Å². The van der Waals surface area contributed by atoms with Crippen molar-refractivity contribution in [3.05, 3.63) is 35.2 Å². The number of hydrogen-bond acceptors (Lipinski definition) is 5. The molecule has 0 bridgehead atoms. The fourth-order valence-corrected chi connectivity index (χ4v) is 2.53. The summed E-state index contributed by atoms with van der Waals surface area (Å²) in [6.07, 6.45) is 0.745. The van der Waals surface area contributed by atoms with E-state index in [9.17, 15) is 13.6 Å². The molecule has 24 heavy (non-hydrogen) atoms. The summed E-state index contributed by atoms with van der Waals surface area (Å²) < 4.78 is 34.5. The zero-order valence-corrected chi connectivity index (χ0v) is 12.9. The van der Waals surface area contributed by atoms with Crippen molar-refractivity contribution < 1.29 is 23.0 Å². The number of carbonyl (C=O) groups is 1. The van der Waals surface area contributed by atoms with Crippen molar-refractivity contribution in [1.82, 2.24) is 15.5 Å². The van der Waals surface area contributed by atoms with E-state index in [-0.39, 0.29) is 17.1 Å². The molecule has 128 valence electrons. The van der Waals surface area contributed by atoms with Gasteiger partial charge in [0.2, 0.25) is 0 Å². The van der Waals surface area contributed by atoms with E-state index < -0.39 is 12.5 Å². The van der Waals surface area contributed by atoms with Crippen LogP contribution in [0.5, 0.6) is 11.5 Å². The summed E-state index contributed by atoms with van der Waals surface area (Å²) in [6.45, 7) is -1.68. The second-order valence-corrected chi connectivity index (χ2v) is 5.15. The Morgan fingerprint density at radius 1 is 1.42 bits per heavy atom. The van der Waals surface area contributed by atoms with Crippen molar-refractivity contribution in [1.29, 1.82) is 0 Å². The molecule has 7 nitrogen and oxygen atoms in total. The van der Waals surface area contributed by atoms with Crippen LogP contribution in [0.15, 0.2) is 18.2 Å². The minimum absolute atomic E-state index is 0.0835. The van der Waals surface area contributed by atoms with Gasteiger partial charge in [0.1, 0.15) is 11.5 Å². The molecule has 9 heteroatoms. The lowest BCUT2D eigenvalue weighted by molar-refractivity contribution is -0.0494. The van der Waals surface area contributed by atoms with Crippen LogP contribution in [-0.4, -0.2) is 36.4 Å². The predicted octanol–water partition coefficient (Wildman–Crippen LogP) is 1.92. The number of nitrogens with one attached hydrogen (secondary N) is 3. The second kappa shape index (κ2) is 6.83. The third kappa shape index (κ3) is 3.30. The SMILES string of the molecule is COc1ccc(OC(F)F)c(NC(=O)c2n[nH]c3c2CNCC3)c1. The van der Waals surface area contributed by atoms with Crippen molar-refractivity contribution in [2.45, 2.75) is 19.6 Å². The second-order valence-electron chi connectivity index (χ2n) is 5.15. The number of anilines is 1. The van der Waals surface area contributed by atoms with Crippen LogP contribution in [0.1, 0.15) is 21.7 Å². The van der Waals surface area contributed by atoms with Gasteiger partial charge < -0.3 is 20.1 Å². The first kappa shape index (κ1) is 16.2. The maximum absolute atomic E-state index is 12.5. The first-order valence-corrected chi connectivity index (χ1v) is 7.29. The van der Waals surface area contributed by atoms with Crippen molar-refractivity contribution in [3.8, 4) is 11.5 Å². The molecule has 1 aliphatic heterocycles. The molecule has 0 saturated carbocycles. The number of aromatic nitrogens is 2. The summed E-state index contributed by atoms with van der Waals surface area (Å²) in [5.74, 6) is -0.261. The average molecular weight is 338 g/mol. The molecule has 1 aliphatic rings. The van der Waals surface area contributed by atoms with E-state index in [0.717, 1.165) is 24.2 Å². The van der Waals surface area contributed by atoms with Crippen molar-refractivity contribution in [2.75, 3.05) is 19.0 Å². The number of methoxy groups -OCH3 is 1. The minimum atomic E-state index is -3.00. The fraction of sp³-hybridized carbons (Fsp3) is 0.333. The van der Waals surface area contributed by atoms with Gasteiger partial charge in [0.25, 0.3) is 5.91 Å². The maximum atomic E-state index is 12.5. The summed E-state index contributed by atoms with van der Waals surface area (Å²) >= 11 is 0. The Balaban J connectivity index is 1.86. The Kier molecular flexibility index (Phi) is 4.61. The number of hydrogen-bond donors (Lipinski definition) is 3. The molecule has 0 aliphatic carbocycles. The normalized spacial score (nSPS) is 13.5. The number of alkyl halides is 2. The number of benzene rings is 1. The lowest BCUT2D eigenvalue weighted by Crippen LogP contribution is -2.25. The highest BCUT2D eigenvalue weighted by atomic mass is 19.3. The van der Waals surface area contributed by atoms with Crippen molar-refractivity contribution >= 4 is 11.6 Å². The number of ether oxygens (including phenoxy) is 2. The van der Waals surface area contributed by atoms with Gasteiger partial charge in [-0.05, 0) is 12.1 Å². The van der Waals surface area contributed by atoms with E-state index in [4.69, 9.17) is 4.74 Å². The van der Waals surface area contributed by atoms with Crippen LogP contribution in [0.25, 0.3) is 0 Å². The number of fused-ring (bicyclic) bond motifs is 1. The smallest absolute Gasteiger partial charge is 0.387 e. The van der Waals surface area contributed by atoms with Gasteiger partial charge in [0.05, 0.1) is 12.8 Å². The number of carbonyl (C=O) groups excluding carboxylic acids is 1. The van der Waals surface area contributed by atoms with Gasteiger partial charge in [0.15, 0.2) is 5.69 Å². The predicted molar refractivity (Wildman–Crippen MR) is 81.6 cm³/mol. The molecule has 0 unspecified atom stereocenters. The average Bonchev–Trinajstić information content (AvgIpc) is 3.00. The van der Waals surface area contributed by atoms with Crippen LogP contribution in [0.4, 0.5) is 14.5 Å². The first-order chi connectivity index (χ1) is 11.6. The van der Waals surface area contributed by atoms with E-state index >= 15 is 0 Å². The quantitative estimate of drug-likeness (QED) is 0.775. The summed E-state index contributed by atoms with van der Waals surface area (Å²) in [6, 6.07) is 4.18. The summed E-state index contributed by atoms with van der Waals surface area (Å²) in [5, 5.41) is 12.6. The van der Waals surface area contributed by atoms with E-state index in [1.165, 1.54) is 25.3 Å². The Labute approximate surface area is 136 Å². The summed E-state index contributed by atoms with van der Waals surface area (Å²) in [4.78, 5) is 12.5. The monoisotopic (exact) mass is 338 g/mol. The highest BCUT2D eigenvalue weighted by molar-refractivity contribution is 6.05. The van der Waals surface area contributed by atoms with Gasteiger partial charge >= 0.3 is 6.61 Å². The van der Waals surface area contributed by atoms with Crippen LogP contribution < -0.4 is 20.1 Å². The van der Waals surface area contributed by atoms with Crippen LogP contribution in [0.3, 0.4) is 0 Å². The van der Waals surface area contributed by atoms with Gasteiger partial charge in [0, 0.05) is 36.8 Å². The molecule has 2 aromatic rings. The molecule has 2 heterocycles. The molecule has 1 aromatic heterocycles. The Hall–Kier alpha value is -2.68. The van der Waals surface area contributed by atoms with E-state index in [1.54, 1.807) is 0 Å². The molecule has 0 spiro atoms. The van der Waals surface area contributed by atoms with Crippen molar-refractivity contribution in [2.24, 2.45) is 0 Å². The van der Waals surface area contributed by atoms with Crippen LogP contribution in [0, 0.1) is 0 Å². The number of nitrogens with zero attached hydrogens (tertiary/aromatic N) is 1. The largest absolute Gasteiger partial charge is 0.497 e. The van der Waals surface area contributed by atoms with E-state index in [1.807, 2.05) is 0 Å². The van der Waals surface area contributed by atoms with Crippen molar-refractivity contribution in [3.63, 3.8) is 0 Å². The van der Waals surface area contributed by atoms with Gasteiger partial charge in [-0.15, -0.1) is 0 Å². The Morgan fingerprint density at radius 2 is 2.25 bits per heavy atom. The minimum Gasteiger partial charge on any atom is -0.497 e. The molecular formula is C15H16F2N4O3. The zero-order chi connectivity index (χ0) is 17.1. The van der Waals surface area contributed by atoms with Gasteiger partial charge in [-0.3, -0.25) is 9.89 Å². The van der Waals surface area contributed by atoms with Crippen LogP contribution >= 0.6 is 0 Å². The number of amides is 1. The Morgan fingerprint density at radius 3 is 3.00 bits per heavy atom. The molecule has 1 aromatic carbocycles. The van der Waals surface area contributed by atoms with Gasteiger partial charge in [-0.25, -0.2) is 0 Å². The van der Waals surface area contributed by atoms with Crippen LogP contribution in [0.2, 0.25) is 0 Å². The molecule has 0 saturated heterocycles. The number of H-pyrrole nitrogens is 1. The molecule has 1 amide bonds. The topological polar surface area (TPSA) is 88.3 Å². The number of halogens is 2. The first-order valence-electron chi connectivity index (χ1n) is 7.29. The molecule has 3 rings (SSSR count). The fourth-order valence-electron chi connectivity index (χ4n) is 2.53. The summed E-state index contributed by atoms with van der Waals surface area (Å²) in [5.41, 5.74) is 1.98. The molecule has 0 atom stereocenters. The maximum Gasteiger partial charge on any atom is 0.387 e. The molecule has 3 N–H and O–H groups in total. The number of rotatable bonds is 5. The molecule has 0 radical (unpaired) electrons. The van der Waals surface area contributed by atoms with Gasteiger partial charge in [-0.1, -0.05) is 0 Å². The third-order valence-electron chi connectivity index (χ3n) is 3.67. The lowest BCUT2D eigenvalue weighted by atomic mass is 10.1. The third-order valence-corrected chi connectivity index (χ3v) is 3.67. The molecular weight excluding hydrogens is 322 g/mol. The highest BCUT2D eigenvalue weighted by Gasteiger charge is 2.23. The van der Waals surface area contributed by atoms with E-state index in [2.05, 4.69) is 25.6 Å². The highest BCUT2D eigenvalue weighted by Crippen LogP contribution is 2.31. The van der Waals surface area contributed by atoms with Gasteiger partial charge in [-0.2, -0.15) is 13.9 Å². The lowest BCUT2D eigenvalue weighted by Gasteiger charge is -2.14.